The van der Waals surface area contributed by atoms with E-state index in [2.05, 4.69) is 30.7 Å². The highest BCUT2D eigenvalue weighted by Crippen LogP contribution is 2.25. The van der Waals surface area contributed by atoms with Crippen LogP contribution in [0.5, 0.6) is 0 Å². The Morgan fingerprint density at radius 2 is 1.67 bits per heavy atom. The van der Waals surface area contributed by atoms with Crippen molar-refractivity contribution in [3.8, 4) is 17.2 Å². The first-order chi connectivity index (χ1) is 17.6. The summed E-state index contributed by atoms with van der Waals surface area (Å²) in [6.45, 7) is 2.83. The Labute approximate surface area is 209 Å². The van der Waals surface area contributed by atoms with Crippen molar-refractivity contribution in [1.29, 1.82) is 0 Å². The van der Waals surface area contributed by atoms with Crippen molar-refractivity contribution in [2.75, 3.05) is 28.6 Å². The summed E-state index contributed by atoms with van der Waals surface area (Å²) >= 11 is 0. The molecule has 2 amide bonds. The number of carbonyl (C=O) groups is 2. The Bertz CT molecular complexity index is 1350. The standard InChI is InChI=1S/C27H27N7O2/c1-19(35)29-22-10-5-11-23(17-22)30-27(36)21-9-6-15-33(18-21)24-12-13-25(32-31-24)34-16-14-28-26(34)20-7-3-2-4-8-20/h2-5,7-8,10-14,16-17,21H,6,9,15,18H2,1H3,(H,29,35)(H,30,36). The fraction of sp³-hybridized carbons (Fsp3) is 0.222. The molecule has 2 aromatic heterocycles. The van der Waals surface area contributed by atoms with Gasteiger partial charge in [-0.1, -0.05) is 36.4 Å². The van der Waals surface area contributed by atoms with Crippen molar-refractivity contribution in [3.05, 3.63) is 79.1 Å². The van der Waals surface area contributed by atoms with Gasteiger partial charge in [0.2, 0.25) is 11.8 Å². The van der Waals surface area contributed by atoms with Gasteiger partial charge < -0.3 is 15.5 Å². The van der Waals surface area contributed by atoms with E-state index < -0.39 is 0 Å². The minimum atomic E-state index is -0.178. The van der Waals surface area contributed by atoms with Crippen molar-refractivity contribution < 1.29 is 9.59 Å². The molecule has 9 heteroatoms. The van der Waals surface area contributed by atoms with Gasteiger partial charge in [-0.2, -0.15) is 0 Å². The minimum absolute atomic E-state index is 0.0461. The Kier molecular flexibility index (Phi) is 6.70. The van der Waals surface area contributed by atoms with E-state index in [1.165, 1.54) is 6.92 Å². The van der Waals surface area contributed by atoms with Gasteiger partial charge in [-0.3, -0.25) is 14.2 Å². The Morgan fingerprint density at radius 1 is 0.917 bits per heavy atom. The number of amides is 2. The monoisotopic (exact) mass is 481 g/mol. The first-order valence-electron chi connectivity index (χ1n) is 11.9. The molecule has 0 aliphatic carbocycles. The quantitative estimate of drug-likeness (QED) is 0.429. The van der Waals surface area contributed by atoms with Crippen LogP contribution in [0, 0.1) is 5.92 Å². The normalized spacial score (nSPS) is 15.4. The molecule has 1 fully saturated rings. The predicted octanol–water partition coefficient (Wildman–Crippen LogP) is 4.14. The van der Waals surface area contributed by atoms with Crippen LogP contribution in [0.3, 0.4) is 0 Å². The van der Waals surface area contributed by atoms with Gasteiger partial charge in [-0.15, -0.1) is 10.2 Å². The highest BCUT2D eigenvalue weighted by molar-refractivity contribution is 5.94. The molecule has 0 radical (unpaired) electrons. The van der Waals surface area contributed by atoms with Crippen LogP contribution in [0.4, 0.5) is 17.2 Å². The Balaban J connectivity index is 1.26. The zero-order chi connectivity index (χ0) is 24.9. The minimum Gasteiger partial charge on any atom is -0.354 e. The molecule has 1 aliphatic heterocycles. The number of piperidine rings is 1. The maximum Gasteiger partial charge on any atom is 0.229 e. The molecule has 0 spiro atoms. The molecule has 2 N–H and O–H groups in total. The molecule has 3 heterocycles. The van der Waals surface area contributed by atoms with Crippen molar-refractivity contribution in [1.82, 2.24) is 19.7 Å². The second kappa shape index (κ2) is 10.4. The van der Waals surface area contributed by atoms with Crippen LogP contribution in [0.1, 0.15) is 19.8 Å². The SMILES string of the molecule is CC(=O)Nc1cccc(NC(=O)C2CCCN(c3ccc(-n4ccnc4-c4ccccc4)nn3)C2)c1. The van der Waals surface area contributed by atoms with Gasteiger partial charge in [0.15, 0.2) is 11.6 Å². The Morgan fingerprint density at radius 3 is 2.42 bits per heavy atom. The van der Waals surface area contributed by atoms with Crippen molar-refractivity contribution in [2.24, 2.45) is 5.92 Å². The van der Waals surface area contributed by atoms with E-state index in [0.717, 1.165) is 36.6 Å². The fourth-order valence-corrected chi connectivity index (χ4v) is 4.43. The Hall–Kier alpha value is -4.53. The van der Waals surface area contributed by atoms with Crippen molar-refractivity contribution >= 4 is 29.0 Å². The van der Waals surface area contributed by atoms with Crippen LogP contribution < -0.4 is 15.5 Å². The summed E-state index contributed by atoms with van der Waals surface area (Å²) in [7, 11) is 0. The van der Waals surface area contributed by atoms with E-state index in [9.17, 15) is 9.59 Å². The zero-order valence-corrected chi connectivity index (χ0v) is 20.0. The van der Waals surface area contributed by atoms with E-state index in [0.29, 0.717) is 23.7 Å². The molecule has 36 heavy (non-hydrogen) atoms. The molecule has 5 rings (SSSR count). The maximum absolute atomic E-state index is 13.0. The molecule has 2 aromatic carbocycles. The summed E-state index contributed by atoms with van der Waals surface area (Å²) in [6, 6.07) is 21.0. The largest absolute Gasteiger partial charge is 0.354 e. The van der Waals surface area contributed by atoms with Crippen molar-refractivity contribution in [3.63, 3.8) is 0 Å². The summed E-state index contributed by atoms with van der Waals surface area (Å²) in [5.41, 5.74) is 2.30. The number of hydrogen-bond acceptors (Lipinski definition) is 6. The number of aromatic nitrogens is 4. The molecule has 1 aliphatic rings. The molecule has 0 bridgehead atoms. The third-order valence-electron chi connectivity index (χ3n) is 6.12. The summed E-state index contributed by atoms with van der Waals surface area (Å²) in [6.07, 6.45) is 5.30. The average Bonchev–Trinajstić information content (AvgIpc) is 3.39. The number of hydrogen-bond donors (Lipinski definition) is 2. The number of anilines is 3. The summed E-state index contributed by atoms with van der Waals surface area (Å²) < 4.78 is 1.91. The number of imidazole rings is 1. The molecule has 0 saturated carbocycles. The van der Waals surface area contributed by atoms with E-state index in [-0.39, 0.29) is 17.7 Å². The molecule has 4 aromatic rings. The molecule has 1 unspecified atom stereocenters. The topological polar surface area (TPSA) is 105 Å². The first-order valence-corrected chi connectivity index (χ1v) is 11.9. The van der Waals surface area contributed by atoms with Gasteiger partial charge in [0.25, 0.3) is 0 Å². The lowest BCUT2D eigenvalue weighted by Gasteiger charge is -2.32. The summed E-state index contributed by atoms with van der Waals surface area (Å²) in [4.78, 5) is 30.9. The van der Waals surface area contributed by atoms with Gasteiger partial charge in [-0.05, 0) is 43.2 Å². The van der Waals surface area contributed by atoms with Crippen molar-refractivity contribution in [2.45, 2.75) is 19.8 Å². The van der Waals surface area contributed by atoms with E-state index in [1.54, 1.807) is 24.4 Å². The van der Waals surface area contributed by atoms with Crippen LogP contribution in [-0.4, -0.2) is 44.7 Å². The highest BCUT2D eigenvalue weighted by Gasteiger charge is 2.27. The third kappa shape index (κ3) is 5.25. The van der Waals surface area contributed by atoms with Gasteiger partial charge in [-0.25, -0.2) is 4.98 Å². The molecular weight excluding hydrogens is 454 g/mol. The second-order valence-electron chi connectivity index (χ2n) is 8.77. The lowest BCUT2D eigenvalue weighted by molar-refractivity contribution is -0.120. The molecular formula is C27H27N7O2. The fourth-order valence-electron chi connectivity index (χ4n) is 4.43. The highest BCUT2D eigenvalue weighted by atomic mass is 16.2. The number of benzene rings is 2. The second-order valence-corrected chi connectivity index (χ2v) is 8.77. The number of nitrogens with one attached hydrogen (secondary N) is 2. The lowest BCUT2D eigenvalue weighted by atomic mass is 9.97. The smallest absolute Gasteiger partial charge is 0.229 e. The maximum atomic E-state index is 13.0. The third-order valence-corrected chi connectivity index (χ3v) is 6.12. The molecule has 182 valence electrons. The van der Waals surface area contributed by atoms with Gasteiger partial charge in [0, 0.05) is 49.3 Å². The van der Waals surface area contributed by atoms with E-state index in [1.807, 2.05) is 59.3 Å². The predicted molar refractivity (Wildman–Crippen MR) is 139 cm³/mol. The number of nitrogens with zero attached hydrogens (tertiary/aromatic N) is 5. The first kappa shape index (κ1) is 23.2. The van der Waals surface area contributed by atoms with E-state index in [4.69, 9.17) is 0 Å². The summed E-state index contributed by atoms with van der Waals surface area (Å²) in [5, 5.41) is 14.6. The zero-order valence-electron chi connectivity index (χ0n) is 20.0. The summed E-state index contributed by atoms with van der Waals surface area (Å²) in [5.74, 6) is 1.84. The number of carbonyl (C=O) groups excluding carboxylic acids is 2. The van der Waals surface area contributed by atoms with Crippen LogP contribution >= 0.6 is 0 Å². The molecule has 1 atom stereocenters. The average molecular weight is 482 g/mol. The molecule has 1 saturated heterocycles. The van der Waals surface area contributed by atoms with Crippen LogP contribution in [0.15, 0.2) is 79.1 Å². The van der Waals surface area contributed by atoms with Crippen LogP contribution in [0.2, 0.25) is 0 Å². The number of rotatable bonds is 6. The van der Waals surface area contributed by atoms with Gasteiger partial charge >= 0.3 is 0 Å². The van der Waals surface area contributed by atoms with E-state index >= 15 is 0 Å². The van der Waals surface area contributed by atoms with Crippen LogP contribution in [-0.2, 0) is 9.59 Å². The van der Waals surface area contributed by atoms with Crippen LogP contribution in [0.25, 0.3) is 17.2 Å². The van der Waals surface area contributed by atoms with Gasteiger partial charge in [0.1, 0.15) is 5.82 Å². The lowest BCUT2D eigenvalue weighted by Crippen LogP contribution is -2.41. The molecule has 9 nitrogen and oxygen atoms in total. The van der Waals surface area contributed by atoms with Gasteiger partial charge in [0.05, 0.1) is 5.92 Å².